The van der Waals surface area contributed by atoms with Gasteiger partial charge in [0.25, 0.3) is 0 Å². The molecule has 218 valence electrons. The SMILES string of the molecule is CC(=O)OC[C@H]1O[C@@H](OCCn2nncc2COCc2ccccc2)[C@H](OC(C)=O)[C@@H](OC(C)=O)[C@@H]1OC(C)=O. The summed E-state index contributed by atoms with van der Waals surface area (Å²) in [5, 5.41) is 7.98. The summed E-state index contributed by atoms with van der Waals surface area (Å²) >= 11 is 0. The standard InChI is InChI=1S/C26H33N3O11/c1-16(30)36-15-22-23(37-17(2)31)24(38-18(3)32)25(39-19(4)33)26(40-22)35-11-10-29-21(12-27-28-29)14-34-13-20-8-6-5-7-9-20/h5-9,12,22-26H,10-11,13-15H2,1-4H3/t22-,23-,24+,25-,26-/m1/s1. The highest BCUT2D eigenvalue weighted by Crippen LogP contribution is 2.30. The van der Waals surface area contributed by atoms with Gasteiger partial charge < -0.3 is 33.2 Å². The molecule has 0 saturated carbocycles. The summed E-state index contributed by atoms with van der Waals surface area (Å²) < 4.78 is 40.4. The summed E-state index contributed by atoms with van der Waals surface area (Å²) in [5.74, 6) is -2.77. The Morgan fingerprint density at radius 3 is 2.15 bits per heavy atom. The Morgan fingerprint density at radius 2 is 1.50 bits per heavy atom. The molecule has 1 saturated heterocycles. The quantitative estimate of drug-likeness (QED) is 0.252. The number of esters is 4. The van der Waals surface area contributed by atoms with E-state index in [1.54, 1.807) is 10.9 Å². The number of rotatable bonds is 13. The molecule has 0 radical (unpaired) electrons. The smallest absolute Gasteiger partial charge is 0.303 e. The van der Waals surface area contributed by atoms with E-state index in [1.165, 1.54) is 6.92 Å². The Bertz CT molecular complexity index is 1140. The van der Waals surface area contributed by atoms with Gasteiger partial charge in [-0.2, -0.15) is 0 Å². The van der Waals surface area contributed by atoms with Crippen LogP contribution in [0.5, 0.6) is 0 Å². The van der Waals surface area contributed by atoms with Crippen LogP contribution in [0.3, 0.4) is 0 Å². The molecule has 0 N–H and O–H groups in total. The van der Waals surface area contributed by atoms with Gasteiger partial charge >= 0.3 is 23.9 Å². The number of benzene rings is 1. The number of hydrogen-bond donors (Lipinski definition) is 0. The van der Waals surface area contributed by atoms with Crippen LogP contribution in [0, 0.1) is 0 Å². The van der Waals surface area contributed by atoms with Crippen molar-refractivity contribution in [1.29, 1.82) is 0 Å². The van der Waals surface area contributed by atoms with E-state index < -0.39 is 54.6 Å². The molecule has 14 nitrogen and oxygen atoms in total. The van der Waals surface area contributed by atoms with Crippen molar-refractivity contribution in [2.24, 2.45) is 0 Å². The number of carbonyl (C=O) groups excluding carboxylic acids is 4. The van der Waals surface area contributed by atoms with E-state index in [-0.39, 0.29) is 26.4 Å². The maximum Gasteiger partial charge on any atom is 0.303 e. The predicted octanol–water partition coefficient (Wildman–Crippen LogP) is 1.09. The number of carbonyl (C=O) groups is 4. The van der Waals surface area contributed by atoms with Crippen molar-refractivity contribution < 1.29 is 52.3 Å². The van der Waals surface area contributed by atoms with Crippen molar-refractivity contribution in [3.05, 3.63) is 47.8 Å². The third-order valence-corrected chi connectivity index (χ3v) is 5.59. The minimum absolute atomic E-state index is 0.00276. The fourth-order valence-electron chi connectivity index (χ4n) is 4.00. The maximum atomic E-state index is 11.9. The summed E-state index contributed by atoms with van der Waals surface area (Å²) in [5.41, 5.74) is 1.72. The van der Waals surface area contributed by atoms with E-state index in [9.17, 15) is 19.2 Å². The first kappa shape index (κ1) is 30.7. The van der Waals surface area contributed by atoms with Crippen LogP contribution in [0.1, 0.15) is 39.0 Å². The van der Waals surface area contributed by atoms with Crippen molar-refractivity contribution >= 4 is 23.9 Å². The van der Waals surface area contributed by atoms with Crippen molar-refractivity contribution in [2.75, 3.05) is 13.2 Å². The highest BCUT2D eigenvalue weighted by Gasteiger charge is 2.52. The first-order chi connectivity index (χ1) is 19.1. The van der Waals surface area contributed by atoms with Gasteiger partial charge in [-0.05, 0) is 5.56 Å². The van der Waals surface area contributed by atoms with Gasteiger partial charge in [0, 0.05) is 27.7 Å². The van der Waals surface area contributed by atoms with Gasteiger partial charge in [0.05, 0.1) is 38.3 Å². The fourth-order valence-corrected chi connectivity index (χ4v) is 4.00. The Hall–Kier alpha value is -3.88. The number of hydrogen-bond acceptors (Lipinski definition) is 13. The van der Waals surface area contributed by atoms with Crippen LogP contribution in [-0.4, -0.2) is 82.8 Å². The molecule has 0 aliphatic carbocycles. The van der Waals surface area contributed by atoms with E-state index in [4.69, 9.17) is 33.2 Å². The number of ether oxygens (including phenoxy) is 7. The maximum absolute atomic E-state index is 11.9. The Morgan fingerprint density at radius 1 is 0.850 bits per heavy atom. The molecule has 1 aliphatic heterocycles. The molecule has 3 rings (SSSR count). The second kappa shape index (κ2) is 15.1. The summed E-state index contributed by atoms with van der Waals surface area (Å²) in [6, 6.07) is 9.69. The van der Waals surface area contributed by atoms with Gasteiger partial charge in [-0.1, -0.05) is 35.5 Å². The molecule has 2 aromatic rings. The molecule has 2 heterocycles. The summed E-state index contributed by atoms with van der Waals surface area (Å²) in [6.45, 7) is 5.19. The van der Waals surface area contributed by atoms with Crippen LogP contribution in [0.25, 0.3) is 0 Å². The van der Waals surface area contributed by atoms with E-state index >= 15 is 0 Å². The zero-order chi connectivity index (χ0) is 29.1. The summed E-state index contributed by atoms with van der Waals surface area (Å²) in [6.07, 6.45) is -4.67. The minimum Gasteiger partial charge on any atom is -0.463 e. The molecule has 40 heavy (non-hydrogen) atoms. The first-order valence-electron chi connectivity index (χ1n) is 12.5. The molecule has 5 atom stereocenters. The average molecular weight is 564 g/mol. The topological polar surface area (TPSA) is 164 Å². The van der Waals surface area contributed by atoms with Crippen molar-refractivity contribution in [2.45, 2.75) is 78.2 Å². The first-order valence-corrected chi connectivity index (χ1v) is 12.5. The summed E-state index contributed by atoms with van der Waals surface area (Å²) in [4.78, 5) is 47.2. The number of nitrogens with zero attached hydrogens (tertiary/aromatic N) is 3. The lowest BCUT2D eigenvalue weighted by molar-refractivity contribution is -0.308. The van der Waals surface area contributed by atoms with Gasteiger partial charge in [0.1, 0.15) is 12.7 Å². The van der Waals surface area contributed by atoms with Gasteiger partial charge in [-0.3, -0.25) is 19.2 Å². The van der Waals surface area contributed by atoms with Crippen molar-refractivity contribution in [1.82, 2.24) is 15.0 Å². The van der Waals surface area contributed by atoms with Crippen molar-refractivity contribution in [3.63, 3.8) is 0 Å². The van der Waals surface area contributed by atoms with E-state index in [0.717, 1.165) is 26.3 Å². The zero-order valence-electron chi connectivity index (χ0n) is 22.7. The van der Waals surface area contributed by atoms with Crippen LogP contribution in [-0.2, 0) is 72.1 Å². The molecule has 0 unspecified atom stereocenters. The van der Waals surface area contributed by atoms with Gasteiger partial charge in [0.15, 0.2) is 24.6 Å². The fraction of sp³-hybridized carbons (Fsp3) is 0.538. The molecule has 1 aromatic heterocycles. The Labute approximate surface area is 230 Å². The third-order valence-electron chi connectivity index (χ3n) is 5.59. The van der Waals surface area contributed by atoms with Crippen molar-refractivity contribution in [3.8, 4) is 0 Å². The van der Waals surface area contributed by atoms with Crippen LogP contribution < -0.4 is 0 Å². The molecule has 0 amide bonds. The monoisotopic (exact) mass is 563 g/mol. The van der Waals surface area contributed by atoms with E-state index in [1.807, 2.05) is 30.3 Å². The van der Waals surface area contributed by atoms with Crippen LogP contribution in [0.4, 0.5) is 0 Å². The Balaban J connectivity index is 1.71. The third kappa shape index (κ3) is 9.39. The number of aromatic nitrogens is 3. The largest absolute Gasteiger partial charge is 0.463 e. The molecule has 1 aliphatic rings. The molecule has 0 spiro atoms. The van der Waals surface area contributed by atoms with E-state index in [2.05, 4.69) is 10.3 Å². The lowest BCUT2D eigenvalue weighted by Gasteiger charge is -2.44. The Kier molecular flexibility index (Phi) is 11.5. The lowest BCUT2D eigenvalue weighted by Crippen LogP contribution is -2.63. The molecule has 14 heteroatoms. The molecule has 1 aromatic carbocycles. The van der Waals surface area contributed by atoms with Crippen LogP contribution >= 0.6 is 0 Å². The second-order valence-electron chi connectivity index (χ2n) is 8.87. The molecule has 1 fully saturated rings. The average Bonchev–Trinajstić information content (AvgIpc) is 3.33. The van der Waals surface area contributed by atoms with Crippen LogP contribution in [0.2, 0.25) is 0 Å². The van der Waals surface area contributed by atoms with Gasteiger partial charge in [-0.25, -0.2) is 4.68 Å². The summed E-state index contributed by atoms with van der Waals surface area (Å²) in [7, 11) is 0. The predicted molar refractivity (Wildman–Crippen MR) is 133 cm³/mol. The molecule has 0 bridgehead atoms. The van der Waals surface area contributed by atoms with E-state index in [0.29, 0.717) is 12.3 Å². The normalized spacial score (nSPS) is 22.2. The molecular weight excluding hydrogens is 530 g/mol. The highest BCUT2D eigenvalue weighted by molar-refractivity contribution is 5.68. The van der Waals surface area contributed by atoms with Gasteiger partial charge in [-0.15, -0.1) is 5.10 Å². The van der Waals surface area contributed by atoms with Crippen LogP contribution in [0.15, 0.2) is 36.5 Å². The zero-order valence-corrected chi connectivity index (χ0v) is 22.7. The van der Waals surface area contributed by atoms with Gasteiger partial charge in [0.2, 0.25) is 0 Å². The lowest BCUT2D eigenvalue weighted by atomic mass is 9.98. The minimum atomic E-state index is -1.31. The molecular formula is C26H33N3O11. The second-order valence-corrected chi connectivity index (χ2v) is 8.87. The highest BCUT2D eigenvalue weighted by atomic mass is 16.7.